The smallest absolute Gasteiger partial charge is 0.191 e. The third kappa shape index (κ3) is 8.45. The molecule has 2 N–H and O–H groups in total. The summed E-state index contributed by atoms with van der Waals surface area (Å²) in [6.45, 7) is 7.42. The van der Waals surface area contributed by atoms with Crippen molar-refractivity contribution in [1.82, 2.24) is 10.6 Å². The minimum Gasteiger partial charge on any atom is -0.493 e. The molecule has 0 unspecified atom stereocenters. The molecule has 1 rings (SSSR count). The number of para-hydroxylation sites is 1. The van der Waals surface area contributed by atoms with Crippen molar-refractivity contribution in [3.05, 3.63) is 29.8 Å². The second-order valence-corrected chi connectivity index (χ2v) is 5.84. The average Bonchev–Trinajstić information content (AvgIpc) is 2.55. The first-order valence-electron chi connectivity index (χ1n) is 8.31. The molecular weight excluding hydrogens is 290 g/mol. The fourth-order valence-electron chi connectivity index (χ4n) is 2.02. The van der Waals surface area contributed by atoms with Crippen molar-refractivity contribution in [3.8, 4) is 5.75 Å². The third-order valence-electron chi connectivity index (χ3n) is 3.41. The monoisotopic (exact) mass is 321 g/mol. The molecule has 0 aliphatic heterocycles. The van der Waals surface area contributed by atoms with E-state index >= 15 is 0 Å². The van der Waals surface area contributed by atoms with Crippen LogP contribution in [-0.2, 0) is 11.3 Å². The normalized spacial score (nSPS) is 11.6. The fourth-order valence-corrected chi connectivity index (χ4v) is 2.02. The van der Waals surface area contributed by atoms with E-state index in [0.717, 1.165) is 49.9 Å². The summed E-state index contributed by atoms with van der Waals surface area (Å²) < 4.78 is 10.9. The SMILES string of the molecule is CN=C(NCCCOC)NCc1ccccc1OCCC(C)C. The highest BCUT2D eigenvalue weighted by Gasteiger charge is 2.05. The number of guanidine groups is 1. The van der Waals surface area contributed by atoms with Gasteiger partial charge in [0.1, 0.15) is 5.75 Å². The number of rotatable bonds is 10. The Morgan fingerprint density at radius 2 is 1.96 bits per heavy atom. The maximum atomic E-state index is 5.91. The Bertz CT molecular complexity index is 461. The number of nitrogens with one attached hydrogen (secondary N) is 2. The minimum atomic E-state index is 0.649. The van der Waals surface area contributed by atoms with Crippen LogP contribution in [0.25, 0.3) is 0 Å². The summed E-state index contributed by atoms with van der Waals surface area (Å²) in [4.78, 5) is 4.23. The van der Waals surface area contributed by atoms with E-state index in [2.05, 4.69) is 35.5 Å². The number of benzene rings is 1. The van der Waals surface area contributed by atoms with E-state index in [1.807, 2.05) is 18.2 Å². The van der Waals surface area contributed by atoms with Gasteiger partial charge >= 0.3 is 0 Å². The van der Waals surface area contributed by atoms with E-state index in [-0.39, 0.29) is 0 Å². The summed E-state index contributed by atoms with van der Waals surface area (Å²) in [5.41, 5.74) is 1.14. The first-order valence-corrected chi connectivity index (χ1v) is 8.31. The number of aliphatic imine (C=N–C) groups is 1. The van der Waals surface area contributed by atoms with Crippen molar-refractivity contribution in [2.24, 2.45) is 10.9 Å². The van der Waals surface area contributed by atoms with Crippen LogP contribution in [0, 0.1) is 5.92 Å². The summed E-state index contributed by atoms with van der Waals surface area (Å²) in [5, 5.41) is 6.59. The zero-order valence-electron chi connectivity index (χ0n) is 14.9. The van der Waals surface area contributed by atoms with Gasteiger partial charge in [-0.25, -0.2) is 0 Å². The zero-order chi connectivity index (χ0) is 16.9. The molecule has 5 heteroatoms. The Morgan fingerprint density at radius 1 is 1.17 bits per heavy atom. The Labute approximate surface area is 140 Å². The average molecular weight is 321 g/mol. The molecule has 0 aliphatic rings. The van der Waals surface area contributed by atoms with Crippen molar-refractivity contribution in [3.63, 3.8) is 0 Å². The Balaban J connectivity index is 2.46. The number of hydrogen-bond donors (Lipinski definition) is 2. The maximum Gasteiger partial charge on any atom is 0.191 e. The lowest BCUT2D eigenvalue weighted by molar-refractivity contribution is 0.195. The number of hydrogen-bond acceptors (Lipinski definition) is 3. The largest absolute Gasteiger partial charge is 0.493 e. The van der Waals surface area contributed by atoms with E-state index < -0.39 is 0 Å². The van der Waals surface area contributed by atoms with E-state index in [1.165, 1.54) is 0 Å². The molecule has 130 valence electrons. The van der Waals surface area contributed by atoms with Crippen LogP contribution in [0.5, 0.6) is 5.75 Å². The van der Waals surface area contributed by atoms with Crippen LogP contribution in [0.15, 0.2) is 29.3 Å². The van der Waals surface area contributed by atoms with Gasteiger partial charge in [-0.1, -0.05) is 32.0 Å². The summed E-state index contributed by atoms with van der Waals surface area (Å²) >= 11 is 0. The molecule has 23 heavy (non-hydrogen) atoms. The quantitative estimate of drug-likeness (QED) is 0.395. The van der Waals surface area contributed by atoms with Crippen molar-refractivity contribution in [2.45, 2.75) is 33.2 Å². The van der Waals surface area contributed by atoms with Gasteiger partial charge in [0.25, 0.3) is 0 Å². The molecule has 0 heterocycles. The summed E-state index contributed by atoms with van der Waals surface area (Å²) in [6, 6.07) is 8.13. The van der Waals surface area contributed by atoms with E-state index in [9.17, 15) is 0 Å². The van der Waals surface area contributed by atoms with Crippen LogP contribution in [-0.4, -0.2) is 39.9 Å². The van der Waals surface area contributed by atoms with Crippen molar-refractivity contribution < 1.29 is 9.47 Å². The summed E-state index contributed by atoms with van der Waals surface area (Å²) in [6.07, 6.45) is 2.01. The van der Waals surface area contributed by atoms with Gasteiger partial charge in [0.05, 0.1) is 6.61 Å². The topological polar surface area (TPSA) is 54.9 Å². The van der Waals surface area contributed by atoms with Gasteiger partial charge in [-0.2, -0.15) is 0 Å². The van der Waals surface area contributed by atoms with Crippen molar-refractivity contribution in [1.29, 1.82) is 0 Å². The number of methoxy groups -OCH3 is 1. The first kappa shape index (κ1) is 19.3. The van der Waals surface area contributed by atoms with Gasteiger partial charge < -0.3 is 20.1 Å². The molecule has 0 aliphatic carbocycles. The van der Waals surface area contributed by atoms with Gasteiger partial charge in [-0.3, -0.25) is 4.99 Å². The third-order valence-corrected chi connectivity index (χ3v) is 3.41. The molecular formula is C18H31N3O2. The highest BCUT2D eigenvalue weighted by molar-refractivity contribution is 5.79. The highest BCUT2D eigenvalue weighted by Crippen LogP contribution is 2.18. The lowest BCUT2D eigenvalue weighted by atomic mass is 10.1. The van der Waals surface area contributed by atoms with Gasteiger partial charge in [-0.05, 0) is 24.8 Å². The van der Waals surface area contributed by atoms with E-state index in [1.54, 1.807) is 14.2 Å². The van der Waals surface area contributed by atoms with Crippen LogP contribution < -0.4 is 15.4 Å². The van der Waals surface area contributed by atoms with Gasteiger partial charge in [0.2, 0.25) is 0 Å². The lowest BCUT2D eigenvalue weighted by Gasteiger charge is -2.15. The molecule has 1 aromatic rings. The predicted molar refractivity (Wildman–Crippen MR) is 96.1 cm³/mol. The van der Waals surface area contributed by atoms with Gasteiger partial charge in [-0.15, -0.1) is 0 Å². The second-order valence-electron chi connectivity index (χ2n) is 5.84. The standard InChI is InChI=1S/C18H31N3O2/c1-15(2)10-13-23-17-9-6-5-8-16(17)14-21-18(19-3)20-11-7-12-22-4/h5-6,8-9,15H,7,10-14H2,1-4H3,(H2,19,20,21). The molecule has 0 aromatic heterocycles. The number of nitrogens with zero attached hydrogens (tertiary/aromatic N) is 1. The van der Waals surface area contributed by atoms with Crippen molar-refractivity contribution in [2.75, 3.05) is 33.9 Å². The predicted octanol–water partition coefficient (Wildman–Crippen LogP) is 2.81. The first-order chi connectivity index (χ1) is 11.2. The van der Waals surface area contributed by atoms with Crippen LogP contribution >= 0.6 is 0 Å². The molecule has 0 bridgehead atoms. The molecule has 0 saturated heterocycles. The van der Waals surface area contributed by atoms with Crippen LogP contribution in [0.4, 0.5) is 0 Å². The fraction of sp³-hybridized carbons (Fsp3) is 0.611. The molecule has 0 radical (unpaired) electrons. The molecule has 0 spiro atoms. The molecule has 0 fully saturated rings. The molecule has 0 atom stereocenters. The summed E-state index contributed by atoms with van der Waals surface area (Å²) in [7, 11) is 3.49. The highest BCUT2D eigenvalue weighted by atomic mass is 16.5. The van der Waals surface area contributed by atoms with Gasteiger partial charge in [0.15, 0.2) is 5.96 Å². The van der Waals surface area contributed by atoms with E-state index in [4.69, 9.17) is 9.47 Å². The van der Waals surface area contributed by atoms with Crippen LogP contribution in [0.2, 0.25) is 0 Å². The van der Waals surface area contributed by atoms with Gasteiger partial charge in [0, 0.05) is 39.4 Å². The molecule has 5 nitrogen and oxygen atoms in total. The molecule has 1 aromatic carbocycles. The number of ether oxygens (including phenoxy) is 2. The zero-order valence-corrected chi connectivity index (χ0v) is 14.9. The summed E-state index contributed by atoms with van der Waals surface area (Å²) in [5.74, 6) is 2.38. The molecule has 0 saturated carbocycles. The Morgan fingerprint density at radius 3 is 2.65 bits per heavy atom. The van der Waals surface area contributed by atoms with Crippen molar-refractivity contribution >= 4 is 5.96 Å². The second kappa shape index (κ2) is 11.8. The minimum absolute atomic E-state index is 0.649. The van der Waals surface area contributed by atoms with Crippen LogP contribution in [0.1, 0.15) is 32.3 Å². The molecule has 0 amide bonds. The van der Waals surface area contributed by atoms with E-state index in [0.29, 0.717) is 12.5 Å². The van der Waals surface area contributed by atoms with Crippen LogP contribution in [0.3, 0.4) is 0 Å². The lowest BCUT2D eigenvalue weighted by Crippen LogP contribution is -2.37. The Kier molecular flexibility index (Phi) is 9.87. The maximum absolute atomic E-state index is 5.91. The Hall–Kier alpha value is -1.75.